The van der Waals surface area contributed by atoms with Crippen LogP contribution < -0.4 is 0 Å². The molecule has 0 aliphatic heterocycles. The van der Waals surface area contributed by atoms with Crippen LogP contribution in [-0.4, -0.2) is 46.8 Å². The smallest absolute Gasteiger partial charge is 0.300 e. The van der Waals surface area contributed by atoms with Crippen LogP contribution in [0.25, 0.3) is 0 Å². The molecule has 0 fully saturated rings. The van der Waals surface area contributed by atoms with Gasteiger partial charge in [0, 0.05) is 13.0 Å². The van der Waals surface area contributed by atoms with E-state index in [0.717, 1.165) is 6.92 Å². The van der Waals surface area contributed by atoms with E-state index in [2.05, 4.69) is 39.5 Å². The highest BCUT2D eigenvalue weighted by molar-refractivity contribution is 5.62. The number of nitrogens with zero attached hydrogens (tertiary/aromatic N) is 1. The maximum atomic E-state index is 9.00. The van der Waals surface area contributed by atoms with E-state index in [1.165, 1.54) is 45.3 Å². The van der Waals surface area contributed by atoms with Crippen LogP contribution in [0.1, 0.15) is 81.1 Å². The molecule has 0 bridgehead atoms. The lowest BCUT2D eigenvalue weighted by Gasteiger charge is -2.13. The number of aliphatic hydroxyl groups excluding tert-OH is 1. The number of aliphatic carboxylic acids is 1. The molecule has 132 valence electrons. The van der Waals surface area contributed by atoms with Crippen LogP contribution in [-0.2, 0) is 4.79 Å². The van der Waals surface area contributed by atoms with E-state index in [0.29, 0.717) is 0 Å². The molecular weight excluding hydrogens is 266 g/mol. The molecule has 0 aromatic heterocycles. The van der Waals surface area contributed by atoms with Crippen LogP contribution in [0.2, 0.25) is 0 Å². The van der Waals surface area contributed by atoms with Crippen LogP contribution >= 0.6 is 0 Å². The quantitative estimate of drug-likeness (QED) is 0.713. The van der Waals surface area contributed by atoms with Crippen molar-refractivity contribution < 1.29 is 15.0 Å². The number of rotatable bonds is 6. The van der Waals surface area contributed by atoms with Gasteiger partial charge in [0.25, 0.3) is 5.97 Å². The molecule has 0 spiro atoms. The average molecular weight is 308 g/mol. The van der Waals surface area contributed by atoms with Crippen LogP contribution in [0.15, 0.2) is 0 Å². The highest BCUT2D eigenvalue weighted by atomic mass is 16.4. The van der Waals surface area contributed by atoms with Crippen molar-refractivity contribution in [2.45, 2.75) is 87.2 Å². The number of hydrogen-bond donors (Lipinski definition) is 2. The maximum absolute atomic E-state index is 9.00. The molecule has 0 atom stereocenters. The Bertz CT molecular complexity index is 153. The third kappa shape index (κ3) is 83.3. The summed E-state index contributed by atoms with van der Waals surface area (Å²) in [5.74, 6) is -0.833. The predicted molar refractivity (Wildman–Crippen MR) is 93.9 cm³/mol. The second-order valence-corrected chi connectivity index (χ2v) is 4.94. The van der Waals surface area contributed by atoms with E-state index in [1.807, 2.05) is 0 Å². The molecule has 0 aromatic rings. The molecule has 0 amide bonds. The Morgan fingerprint density at radius 3 is 1.14 bits per heavy atom. The molecule has 0 aromatic carbocycles. The predicted octanol–water partition coefficient (Wildman–Crippen LogP) is 4.41. The van der Waals surface area contributed by atoms with Gasteiger partial charge in [-0.25, -0.2) is 0 Å². The molecule has 0 aliphatic rings. The number of hydrogen-bond acceptors (Lipinski definition) is 3. The van der Waals surface area contributed by atoms with Gasteiger partial charge in [-0.3, -0.25) is 4.79 Å². The summed E-state index contributed by atoms with van der Waals surface area (Å²) < 4.78 is 0. The van der Waals surface area contributed by atoms with Gasteiger partial charge in [0.15, 0.2) is 0 Å². The molecule has 21 heavy (non-hydrogen) atoms. The topological polar surface area (TPSA) is 60.8 Å². The fraction of sp³-hybridized carbons (Fsp3) is 0.941. The summed E-state index contributed by atoms with van der Waals surface area (Å²) in [6, 6.07) is 0. The SMILES string of the molecule is CC(=O)O.CC(C)O.CCCCCC.CCN(CC)CC. The van der Waals surface area contributed by atoms with Gasteiger partial charge in [0.05, 0.1) is 0 Å². The molecule has 0 unspecified atom stereocenters. The van der Waals surface area contributed by atoms with E-state index in [-0.39, 0.29) is 6.10 Å². The molecule has 2 N–H and O–H groups in total. The zero-order valence-electron chi connectivity index (χ0n) is 15.8. The summed E-state index contributed by atoms with van der Waals surface area (Å²) in [5, 5.41) is 15.5. The number of carboxylic acids is 1. The molecule has 4 heteroatoms. The zero-order chi connectivity index (χ0) is 17.7. The Labute approximate surface area is 133 Å². The van der Waals surface area contributed by atoms with Gasteiger partial charge in [0.1, 0.15) is 0 Å². The number of unbranched alkanes of at least 4 members (excludes halogenated alkanes) is 3. The summed E-state index contributed by atoms with van der Waals surface area (Å²) in [6.45, 7) is 19.1. The van der Waals surface area contributed by atoms with Crippen molar-refractivity contribution in [1.82, 2.24) is 4.90 Å². The third-order valence-electron chi connectivity index (χ3n) is 2.30. The summed E-state index contributed by atoms with van der Waals surface area (Å²) in [5.41, 5.74) is 0. The molecule has 0 aliphatic carbocycles. The van der Waals surface area contributed by atoms with Crippen molar-refractivity contribution >= 4 is 5.97 Å². The maximum Gasteiger partial charge on any atom is 0.300 e. The first-order chi connectivity index (χ1) is 9.72. The standard InChI is InChI=1S/C6H15N.C6H14.C3H8O.C2H4O2/c1-4-7(5-2)6-3;1-3-5-6-4-2;1-3(2)4;1-2(3)4/h4-6H2,1-3H3;3-6H2,1-2H3;3-4H,1-2H3;1H3,(H,3,4). The minimum absolute atomic E-state index is 0.167. The van der Waals surface area contributed by atoms with Crippen molar-refractivity contribution in [2.24, 2.45) is 0 Å². The Morgan fingerprint density at radius 1 is 0.905 bits per heavy atom. The van der Waals surface area contributed by atoms with Gasteiger partial charge in [0.2, 0.25) is 0 Å². The summed E-state index contributed by atoms with van der Waals surface area (Å²) in [7, 11) is 0. The Balaban J connectivity index is -0.0000000948. The van der Waals surface area contributed by atoms with Crippen molar-refractivity contribution in [2.75, 3.05) is 19.6 Å². The highest BCUT2D eigenvalue weighted by Gasteiger charge is 1.89. The van der Waals surface area contributed by atoms with Gasteiger partial charge in [-0.15, -0.1) is 0 Å². The zero-order valence-corrected chi connectivity index (χ0v) is 15.8. The Hall–Kier alpha value is -0.610. The van der Waals surface area contributed by atoms with Crippen molar-refractivity contribution in [3.8, 4) is 0 Å². The second kappa shape index (κ2) is 27.7. The van der Waals surface area contributed by atoms with Crippen molar-refractivity contribution in [3.63, 3.8) is 0 Å². The molecule has 0 saturated carbocycles. The number of carbonyl (C=O) groups is 1. The molecule has 0 rings (SSSR count). The van der Waals surface area contributed by atoms with Crippen molar-refractivity contribution in [3.05, 3.63) is 0 Å². The molecular formula is C17H41NO3. The monoisotopic (exact) mass is 307 g/mol. The normalized spacial score (nSPS) is 8.90. The first-order valence-corrected chi connectivity index (χ1v) is 8.32. The van der Waals surface area contributed by atoms with Gasteiger partial charge >= 0.3 is 0 Å². The summed E-state index contributed by atoms with van der Waals surface area (Å²) in [4.78, 5) is 11.4. The van der Waals surface area contributed by atoms with Gasteiger partial charge in [-0.2, -0.15) is 0 Å². The number of aliphatic hydroxyl groups is 1. The first kappa shape index (κ1) is 28.5. The van der Waals surface area contributed by atoms with E-state index in [4.69, 9.17) is 15.0 Å². The average Bonchev–Trinajstić information content (AvgIpc) is 2.38. The summed E-state index contributed by atoms with van der Waals surface area (Å²) >= 11 is 0. The minimum atomic E-state index is -0.833. The Morgan fingerprint density at radius 2 is 1.10 bits per heavy atom. The van der Waals surface area contributed by atoms with Gasteiger partial charge in [-0.1, -0.05) is 60.3 Å². The highest BCUT2D eigenvalue weighted by Crippen LogP contribution is 1.95. The minimum Gasteiger partial charge on any atom is -0.481 e. The lowest BCUT2D eigenvalue weighted by Crippen LogP contribution is -2.21. The largest absolute Gasteiger partial charge is 0.481 e. The first-order valence-electron chi connectivity index (χ1n) is 8.32. The van der Waals surface area contributed by atoms with E-state index >= 15 is 0 Å². The van der Waals surface area contributed by atoms with Crippen LogP contribution in [0, 0.1) is 0 Å². The van der Waals surface area contributed by atoms with E-state index < -0.39 is 5.97 Å². The van der Waals surface area contributed by atoms with Crippen LogP contribution in [0.5, 0.6) is 0 Å². The Kier molecular flexibility index (Phi) is 37.6. The lowest BCUT2D eigenvalue weighted by molar-refractivity contribution is -0.134. The third-order valence-corrected chi connectivity index (χ3v) is 2.30. The van der Waals surface area contributed by atoms with Crippen LogP contribution in [0.4, 0.5) is 0 Å². The second-order valence-electron chi connectivity index (χ2n) is 4.94. The fourth-order valence-electron chi connectivity index (χ4n) is 1.17. The molecule has 0 heterocycles. The number of carboxylic acid groups (broad SMARTS) is 1. The van der Waals surface area contributed by atoms with E-state index in [9.17, 15) is 0 Å². The molecule has 0 saturated heterocycles. The van der Waals surface area contributed by atoms with Crippen molar-refractivity contribution in [1.29, 1.82) is 0 Å². The van der Waals surface area contributed by atoms with Gasteiger partial charge in [-0.05, 0) is 33.5 Å². The summed E-state index contributed by atoms with van der Waals surface area (Å²) in [6.07, 6.45) is 5.37. The fourth-order valence-corrected chi connectivity index (χ4v) is 1.17. The molecule has 0 radical (unpaired) electrons. The lowest BCUT2D eigenvalue weighted by atomic mass is 10.2. The van der Waals surface area contributed by atoms with Gasteiger partial charge < -0.3 is 15.1 Å². The van der Waals surface area contributed by atoms with E-state index in [1.54, 1.807) is 13.8 Å². The van der Waals surface area contributed by atoms with Crippen LogP contribution in [0.3, 0.4) is 0 Å². The molecule has 4 nitrogen and oxygen atoms in total.